The van der Waals surface area contributed by atoms with Crippen molar-refractivity contribution in [3.63, 3.8) is 0 Å². The fraction of sp³-hybridized carbons (Fsp3) is 0.257. The molecule has 0 saturated heterocycles. The third-order valence-corrected chi connectivity index (χ3v) is 12.4. The summed E-state index contributed by atoms with van der Waals surface area (Å²) in [5.74, 6) is 0. The van der Waals surface area contributed by atoms with Crippen molar-refractivity contribution in [3.05, 3.63) is 77.7 Å². The lowest BCUT2D eigenvalue weighted by atomic mass is 10.00. The van der Waals surface area contributed by atoms with Gasteiger partial charge in [0, 0.05) is 40.3 Å². The van der Waals surface area contributed by atoms with E-state index in [2.05, 4.69) is 92.0 Å². The van der Waals surface area contributed by atoms with Crippen LogP contribution in [-0.2, 0) is 0 Å². The number of nitrogens with one attached hydrogen (secondary N) is 1. The lowest BCUT2D eigenvalue weighted by Crippen LogP contribution is -1.99. The molecule has 3 aromatic carbocycles. The SMILES string of the molecule is CCCCCCCCNc1ccc(-c2cc3cc4ccc5cc6cc(-c7ccc(C)s7)sc6cc5c4cc3s2)s1. The van der Waals surface area contributed by atoms with Crippen LogP contribution in [-0.4, -0.2) is 6.54 Å². The lowest BCUT2D eigenvalue weighted by Gasteiger charge is -2.05. The molecule has 0 fully saturated rings. The maximum atomic E-state index is 3.66. The van der Waals surface area contributed by atoms with Crippen LogP contribution in [0.2, 0.25) is 0 Å². The standard InChI is InChI=1S/C35H33NS4/c1-3-4-5-6-7-8-15-36-35-14-13-30(40-35)34-19-26-17-24-11-10-23-16-25-18-33(29-12-9-22(2)37-29)38-31(25)20-27(23)28(24)21-32(26)39-34/h9-14,16-21,36H,3-8,15H2,1-2H3. The summed E-state index contributed by atoms with van der Waals surface area (Å²) < 4.78 is 2.73. The van der Waals surface area contributed by atoms with Gasteiger partial charge in [0.05, 0.1) is 5.00 Å². The fourth-order valence-corrected chi connectivity index (χ4v) is 9.75. The maximum Gasteiger partial charge on any atom is 0.0889 e. The van der Waals surface area contributed by atoms with E-state index < -0.39 is 0 Å². The number of thiophene rings is 4. The van der Waals surface area contributed by atoms with E-state index in [-0.39, 0.29) is 0 Å². The summed E-state index contributed by atoms with van der Waals surface area (Å²) >= 11 is 7.60. The summed E-state index contributed by atoms with van der Waals surface area (Å²) in [5, 5.41) is 13.0. The summed E-state index contributed by atoms with van der Waals surface area (Å²) in [5.41, 5.74) is 0. The van der Waals surface area contributed by atoms with Crippen LogP contribution in [0.4, 0.5) is 5.00 Å². The Hall–Kier alpha value is -2.70. The zero-order chi connectivity index (χ0) is 27.1. The Morgan fingerprint density at radius 3 is 1.75 bits per heavy atom. The molecule has 0 aliphatic heterocycles. The topological polar surface area (TPSA) is 12.0 Å². The van der Waals surface area contributed by atoms with E-state index in [1.165, 1.54) is 110 Å². The third kappa shape index (κ3) is 5.21. The van der Waals surface area contributed by atoms with E-state index in [1.54, 1.807) is 0 Å². The Bertz CT molecular complexity index is 1950. The number of unbranched alkanes of at least 4 members (excludes halogenated alkanes) is 5. The van der Waals surface area contributed by atoms with Gasteiger partial charge in [-0.2, -0.15) is 0 Å². The van der Waals surface area contributed by atoms with Gasteiger partial charge in [-0.25, -0.2) is 0 Å². The predicted octanol–water partition coefficient (Wildman–Crippen LogP) is 13.0. The van der Waals surface area contributed by atoms with Crippen molar-refractivity contribution in [3.8, 4) is 19.5 Å². The van der Waals surface area contributed by atoms with Gasteiger partial charge in [-0.3, -0.25) is 0 Å². The molecule has 0 radical (unpaired) electrons. The van der Waals surface area contributed by atoms with Crippen LogP contribution in [0.3, 0.4) is 0 Å². The quantitative estimate of drug-likeness (QED) is 0.122. The van der Waals surface area contributed by atoms with Crippen molar-refractivity contribution in [2.45, 2.75) is 52.4 Å². The second-order valence-electron chi connectivity index (χ2n) is 10.8. The van der Waals surface area contributed by atoms with Gasteiger partial charge >= 0.3 is 0 Å². The van der Waals surface area contributed by atoms with E-state index in [0.29, 0.717) is 0 Å². The van der Waals surface area contributed by atoms with E-state index in [1.807, 2.05) is 45.3 Å². The number of hydrogen-bond donors (Lipinski definition) is 1. The maximum absolute atomic E-state index is 3.66. The zero-order valence-corrected chi connectivity index (χ0v) is 26.3. The Balaban J connectivity index is 1.16. The van der Waals surface area contributed by atoms with Gasteiger partial charge in [-0.1, -0.05) is 51.2 Å². The fourth-order valence-electron chi connectivity index (χ4n) is 5.62. The van der Waals surface area contributed by atoms with Crippen molar-refractivity contribution >= 4 is 92.1 Å². The number of benzene rings is 3. The van der Waals surface area contributed by atoms with Crippen molar-refractivity contribution in [2.75, 3.05) is 11.9 Å². The first-order valence-corrected chi connectivity index (χ1v) is 17.7. The number of aryl methyl sites for hydroxylation is 1. The molecule has 0 bridgehead atoms. The molecule has 1 N–H and O–H groups in total. The summed E-state index contributed by atoms with van der Waals surface area (Å²) in [7, 11) is 0. The molecule has 0 aliphatic carbocycles. The first kappa shape index (κ1) is 26.2. The highest BCUT2D eigenvalue weighted by Gasteiger charge is 2.12. The highest BCUT2D eigenvalue weighted by Crippen LogP contribution is 2.43. The monoisotopic (exact) mass is 595 g/mol. The van der Waals surface area contributed by atoms with Crippen LogP contribution >= 0.6 is 45.3 Å². The molecular formula is C35H33NS4. The second kappa shape index (κ2) is 11.3. The second-order valence-corrected chi connectivity index (χ2v) is 15.3. The number of rotatable bonds is 10. The predicted molar refractivity (Wildman–Crippen MR) is 185 cm³/mol. The molecule has 7 aromatic rings. The van der Waals surface area contributed by atoms with Crippen LogP contribution in [0.25, 0.3) is 61.2 Å². The largest absolute Gasteiger partial charge is 0.377 e. The minimum absolute atomic E-state index is 1.07. The van der Waals surface area contributed by atoms with Crippen LogP contribution in [0.5, 0.6) is 0 Å². The Labute approximate surface area is 252 Å². The van der Waals surface area contributed by atoms with Gasteiger partial charge < -0.3 is 5.32 Å². The summed E-state index contributed by atoms with van der Waals surface area (Å²) in [4.78, 5) is 6.83. The van der Waals surface area contributed by atoms with Crippen LogP contribution in [0, 0.1) is 6.92 Å². The summed E-state index contributed by atoms with van der Waals surface area (Å²) in [6.07, 6.45) is 8.02. The van der Waals surface area contributed by atoms with Gasteiger partial charge in [0.2, 0.25) is 0 Å². The van der Waals surface area contributed by atoms with Gasteiger partial charge in [0.15, 0.2) is 0 Å². The Morgan fingerprint density at radius 1 is 0.525 bits per heavy atom. The Morgan fingerprint density at radius 2 is 1.12 bits per heavy atom. The molecule has 0 unspecified atom stereocenters. The average molecular weight is 596 g/mol. The van der Waals surface area contributed by atoms with Crippen LogP contribution in [0.15, 0.2) is 72.8 Å². The summed E-state index contributed by atoms with van der Waals surface area (Å²) in [6.45, 7) is 5.54. The smallest absolute Gasteiger partial charge is 0.0889 e. The minimum Gasteiger partial charge on any atom is -0.377 e. The van der Waals surface area contributed by atoms with Gasteiger partial charge in [-0.05, 0) is 106 Å². The first-order chi connectivity index (χ1) is 19.6. The molecule has 40 heavy (non-hydrogen) atoms. The van der Waals surface area contributed by atoms with E-state index in [0.717, 1.165) is 6.54 Å². The highest BCUT2D eigenvalue weighted by molar-refractivity contribution is 7.27. The molecule has 7 rings (SSSR count). The molecule has 0 atom stereocenters. The van der Waals surface area contributed by atoms with Gasteiger partial charge in [0.25, 0.3) is 0 Å². The van der Waals surface area contributed by atoms with E-state index in [4.69, 9.17) is 0 Å². The minimum atomic E-state index is 1.07. The molecule has 202 valence electrons. The van der Waals surface area contributed by atoms with Crippen molar-refractivity contribution in [1.29, 1.82) is 0 Å². The van der Waals surface area contributed by atoms with Gasteiger partial charge in [0.1, 0.15) is 0 Å². The number of fused-ring (bicyclic) bond motifs is 5. The molecule has 4 heterocycles. The molecular weight excluding hydrogens is 563 g/mol. The lowest BCUT2D eigenvalue weighted by molar-refractivity contribution is 0.617. The van der Waals surface area contributed by atoms with Crippen molar-refractivity contribution in [1.82, 2.24) is 0 Å². The molecule has 0 spiro atoms. The Kier molecular flexibility index (Phi) is 7.40. The summed E-state index contributed by atoms with van der Waals surface area (Å²) in [6, 6.07) is 28.0. The molecule has 1 nitrogen and oxygen atoms in total. The average Bonchev–Trinajstić information content (AvgIpc) is 3.75. The molecule has 5 heteroatoms. The van der Waals surface area contributed by atoms with Crippen LogP contribution < -0.4 is 5.32 Å². The molecule has 0 aliphatic rings. The highest BCUT2D eigenvalue weighted by atomic mass is 32.1. The van der Waals surface area contributed by atoms with E-state index in [9.17, 15) is 0 Å². The van der Waals surface area contributed by atoms with Gasteiger partial charge in [-0.15, -0.1) is 45.3 Å². The number of hydrogen-bond acceptors (Lipinski definition) is 5. The zero-order valence-electron chi connectivity index (χ0n) is 23.0. The first-order valence-electron chi connectivity index (χ1n) is 14.4. The molecule has 0 amide bonds. The normalized spacial score (nSPS) is 11.9. The number of anilines is 1. The molecule has 0 saturated carbocycles. The van der Waals surface area contributed by atoms with Crippen molar-refractivity contribution in [2.24, 2.45) is 0 Å². The van der Waals surface area contributed by atoms with Crippen molar-refractivity contribution < 1.29 is 0 Å². The van der Waals surface area contributed by atoms with Crippen LogP contribution in [0.1, 0.15) is 50.3 Å². The van der Waals surface area contributed by atoms with E-state index >= 15 is 0 Å². The third-order valence-electron chi connectivity index (χ3n) is 7.77. The molecule has 4 aromatic heterocycles.